The molecule has 1 aromatic rings. The van der Waals surface area contributed by atoms with Gasteiger partial charge in [0, 0.05) is 0 Å². The number of halogens is 2. The van der Waals surface area contributed by atoms with Crippen molar-refractivity contribution in [3.63, 3.8) is 0 Å². The molecule has 0 aromatic heterocycles. The van der Waals surface area contributed by atoms with Gasteiger partial charge in [-0.15, -0.1) is 0 Å². The summed E-state index contributed by atoms with van der Waals surface area (Å²) in [6, 6.07) is 7.04. The first-order valence-electron chi connectivity index (χ1n) is 10.6. The summed E-state index contributed by atoms with van der Waals surface area (Å²) < 4.78 is 26.0. The van der Waals surface area contributed by atoms with Gasteiger partial charge in [0.25, 0.3) is 0 Å². The number of allylic oxidation sites excluding steroid dienone is 2. The van der Waals surface area contributed by atoms with E-state index in [-0.39, 0.29) is 18.1 Å². The number of hydrogen-bond donors (Lipinski definition) is 0. The molecule has 3 heteroatoms. The van der Waals surface area contributed by atoms with E-state index in [0.717, 1.165) is 36.7 Å². The molecular formula is C24H31F2N. The van der Waals surface area contributed by atoms with E-state index in [2.05, 4.69) is 12.2 Å². The fourth-order valence-corrected chi connectivity index (χ4v) is 5.09. The molecule has 2 saturated carbocycles. The number of rotatable bonds is 6. The Balaban J connectivity index is 1.44. The van der Waals surface area contributed by atoms with Crippen LogP contribution < -0.4 is 0 Å². The van der Waals surface area contributed by atoms with Gasteiger partial charge in [-0.25, -0.2) is 4.39 Å². The number of benzene rings is 1. The molecule has 1 nitrogen and oxygen atoms in total. The molecule has 0 aliphatic heterocycles. The highest BCUT2D eigenvalue weighted by molar-refractivity contribution is 5.34. The number of nitrogens with zero attached hydrogens (tertiary/aromatic N) is 1. The van der Waals surface area contributed by atoms with Crippen molar-refractivity contribution < 1.29 is 8.78 Å². The Bertz CT molecular complexity index is 659. The molecule has 1 aromatic carbocycles. The standard InChI is InChI=1S/C24H31F2N/c25-15-3-1-2-4-18-5-7-19(8-6-18)20-9-11-21(12-10-20)22-13-14-23(17-27)24(26)16-22/h2,4,13-14,16,18-21H,1,3,5-12,15H2/b4-2+/t18-,19-,20?,21?. The highest BCUT2D eigenvalue weighted by atomic mass is 19.1. The largest absolute Gasteiger partial charge is 0.251 e. The summed E-state index contributed by atoms with van der Waals surface area (Å²) in [7, 11) is 0. The molecule has 0 heterocycles. The number of nitriles is 1. The Morgan fingerprint density at radius 2 is 1.67 bits per heavy atom. The molecule has 27 heavy (non-hydrogen) atoms. The van der Waals surface area contributed by atoms with Crippen LogP contribution in [0.1, 0.15) is 81.3 Å². The van der Waals surface area contributed by atoms with Gasteiger partial charge < -0.3 is 0 Å². The summed E-state index contributed by atoms with van der Waals surface area (Å²) in [5.41, 5.74) is 1.20. The van der Waals surface area contributed by atoms with Crippen LogP contribution in [0.15, 0.2) is 30.4 Å². The quantitative estimate of drug-likeness (QED) is 0.387. The lowest BCUT2D eigenvalue weighted by molar-refractivity contribution is 0.171. The first-order chi connectivity index (χ1) is 13.2. The van der Waals surface area contributed by atoms with Gasteiger partial charge in [0.05, 0.1) is 12.2 Å². The highest BCUT2D eigenvalue weighted by Crippen LogP contribution is 2.44. The Kier molecular flexibility index (Phi) is 7.44. The normalized spacial score (nSPS) is 28.9. The van der Waals surface area contributed by atoms with E-state index in [1.54, 1.807) is 12.1 Å². The van der Waals surface area contributed by atoms with E-state index >= 15 is 0 Å². The summed E-state index contributed by atoms with van der Waals surface area (Å²) >= 11 is 0. The van der Waals surface area contributed by atoms with Crippen molar-refractivity contribution in [3.8, 4) is 6.07 Å². The predicted molar refractivity (Wildman–Crippen MR) is 106 cm³/mol. The van der Waals surface area contributed by atoms with Gasteiger partial charge in [0.2, 0.25) is 0 Å². The van der Waals surface area contributed by atoms with Crippen molar-refractivity contribution in [3.05, 3.63) is 47.3 Å². The van der Waals surface area contributed by atoms with Crippen molar-refractivity contribution in [2.75, 3.05) is 6.67 Å². The van der Waals surface area contributed by atoms with E-state index in [9.17, 15) is 8.78 Å². The van der Waals surface area contributed by atoms with E-state index < -0.39 is 0 Å². The smallest absolute Gasteiger partial charge is 0.141 e. The van der Waals surface area contributed by atoms with Crippen molar-refractivity contribution in [1.29, 1.82) is 5.26 Å². The first kappa shape index (κ1) is 20.1. The van der Waals surface area contributed by atoms with Gasteiger partial charge in [0.1, 0.15) is 11.9 Å². The highest BCUT2D eigenvalue weighted by Gasteiger charge is 2.30. The third-order valence-electron chi connectivity index (χ3n) is 6.75. The van der Waals surface area contributed by atoms with Gasteiger partial charge >= 0.3 is 0 Å². The molecule has 2 aliphatic carbocycles. The average molecular weight is 372 g/mol. The van der Waals surface area contributed by atoms with Gasteiger partial charge in [-0.05, 0) is 106 Å². The molecule has 0 N–H and O–H groups in total. The zero-order valence-corrected chi connectivity index (χ0v) is 16.2. The van der Waals surface area contributed by atoms with Crippen LogP contribution in [-0.2, 0) is 0 Å². The molecule has 146 valence electrons. The van der Waals surface area contributed by atoms with Crippen LogP contribution in [0.25, 0.3) is 0 Å². The minimum Gasteiger partial charge on any atom is -0.251 e. The summed E-state index contributed by atoms with van der Waals surface area (Å²) in [6.45, 7) is -0.213. The maximum atomic E-state index is 13.9. The monoisotopic (exact) mass is 371 g/mol. The number of alkyl halides is 1. The van der Waals surface area contributed by atoms with Gasteiger partial charge in [0.15, 0.2) is 0 Å². The first-order valence-corrected chi connectivity index (χ1v) is 10.6. The SMILES string of the molecule is N#Cc1ccc(C2CCC([C@H]3CC[C@H](/C=C/CCCF)CC3)CC2)cc1F. The Morgan fingerprint density at radius 3 is 2.26 bits per heavy atom. The van der Waals surface area contributed by atoms with Crippen LogP contribution in [0.3, 0.4) is 0 Å². The molecule has 0 atom stereocenters. The second kappa shape index (κ2) is 10.0. The van der Waals surface area contributed by atoms with Gasteiger partial charge in [-0.1, -0.05) is 18.2 Å². The summed E-state index contributed by atoms with van der Waals surface area (Å²) in [5, 5.41) is 8.88. The summed E-state index contributed by atoms with van der Waals surface area (Å²) in [4.78, 5) is 0. The number of unbranched alkanes of at least 4 members (excludes halogenated alkanes) is 1. The van der Waals surface area contributed by atoms with Crippen LogP contribution in [0.4, 0.5) is 8.78 Å². The minimum absolute atomic E-state index is 0.142. The fourth-order valence-electron chi connectivity index (χ4n) is 5.09. The maximum absolute atomic E-state index is 13.9. The van der Waals surface area contributed by atoms with Crippen LogP contribution in [-0.4, -0.2) is 6.67 Å². The molecule has 0 spiro atoms. The van der Waals surface area contributed by atoms with Gasteiger partial charge in [-0.3, -0.25) is 4.39 Å². The lowest BCUT2D eigenvalue weighted by atomic mass is 9.68. The maximum Gasteiger partial charge on any atom is 0.141 e. The van der Waals surface area contributed by atoms with Crippen molar-refractivity contribution >= 4 is 0 Å². The molecule has 0 amide bonds. The molecule has 2 aliphatic rings. The average Bonchev–Trinajstić information content (AvgIpc) is 2.72. The Morgan fingerprint density at radius 1 is 1.00 bits per heavy atom. The zero-order valence-electron chi connectivity index (χ0n) is 16.2. The van der Waals surface area contributed by atoms with E-state index in [0.29, 0.717) is 18.3 Å². The van der Waals surface area contributed by atoms with Crippen LogP contribution in [0.5, 0.6) is 0 Å². The Hall–Kier alpha value is -1.69. The van der Waals surface area contributed by atoms with E-state index in [4.69, 9.17) is 5.26 Å². The third kappa shape index (κ3) is 5.41. The topological polar surface area (TPSA) is 23.8 Å². The zero-order chi connectivity index (χ0) is 19.1. The Labute approximate surface area is 162 Å². The summed E-state index contributed by atoms with van der Waals surface area (Å²) in [6.07, 6.45) is 16.0. The summed E-state index contributed by atoms with van der Waals surface area (Å²) in [5.74, 6) is 2.42. The number of hydrogen-bond acceptors (Lipinski definition) is 1. The third-order valence-corrected chi connectivity index (χ3v) is 6.75. The van der Waals surface area contributed by atoms with Crippen LogP contribution >= 0.6 is 0 Å². The van der Waals surface area contributed by atoms with E-state index in [1.165, 1.54) is 38.5 Å². The molecule has 2 fully saturated rings. The fraction of sp³-hybridized carbons (Fsp3) is 0.625. The lowest BCUT2D eigenvalue weighted by Gasteiger charge is -2.37. The second-order valence-electron chi connectivity index (χ2n) is 8.40. The molecule has 3 rings (SSSR count). The van der Waals surface area contributed by atoms with E-state index in [1.807, 2.05) is 12.1 Å². The molecule has 0 radical (unpaired) electrons. The van der Waals surface area contributed by atoms with Crippen LogP contribution in [0.2, 0.25) is 0 Å². The molecular weight excluding hydrogens is 340 g/mol. The van der Waals surface area contributed by atoms with Crippen LogP contribution in [0, 0.1) is 34.9 Å². The lowest BCUT2D eigenvalue weighted by Crippen LogP contribution is -2.25. The molecule has 0 unspecified atom stereocenters. The van der Waals surface area contributed by atoms with Crippen molar-refractivity contribution in [1.82, 2.24) is 0 Å². The van der Waals surface area contributed by atoms with Crippen molar-refractivity contribution in [2.24, 2.45) is 17.8 Å². The van der Waals surface area contributed by atoms with Crippen molar-refractivity contribution in [2.45, 2.75) is 70.1 Å². The molecule has 0 bridgehead atoms. The second-order valence-corrected chi connectivity index (χ2v) is 8.40. The minimum atomic E-state index is -0.380. The van der Waals surface area contributed by atoms with Gasteiger partial charge in [-0.2, -0.15) is 5.26 Å². The predicted octanol–water partition coefficient (Wildman–Crippen LogP) is 7.08. The molecule has 0 saturated heterocycles.